The third-order valence-corrected chi connectivity index (χ3v) is 16.2. The van der Waals surface area contributed by atoms with Crippen LogP contribution in [0.3, 0.4) is 0 Å². The molecule has 4 saturated heterocycles. The zero-order chi connectivity index (χ0) is 37.8. The zero-order valence-corrected chi connectivity index (χ0v) is 31.6. The minimum atomic E-state index is -1.76. The van der Waals surface area contributed by atoms with Crippen LogP contribution in [0.25, 0.3) is 0 Å². The Balaban J connectivity index is 0.962. The van der Waals surface area contributed by atoms with E-state index in [1.807, 2.05) is 0 Å². The first-order valence-electron chi connectivity index (χ1n) is 20.4. The molecule has 4 heterocycles. The van der Waals surface area contributed by atoms with Crippen LogP contribution in [0.4, 0.5) is 0 Å². The lowest BCUT2D eigenvalue weighted by Crippen LogP contribution is -2.65. The van der Waals surface area contributed by atoms with Crippen LogP contribution in [-0.4, -0.2) is 146 Å². The lowest BCUT2D eigenvalue weighted by atomic mass is 9.44. The van der Waals surface area contributed by atoms with E-state index in [-0.39, 0.29) is 22.9 Å². The van der Waals surface area contributed by atoms with Crippen LogP contribution >= 0.6 is 0 Å². The van der Waals surface area contributed by atoms with E-state index < -0.39 is 92.6 Å². The maximum absolute atomic E-state index is 11.8. The number of rotatable bonds is 6. The number of aliphatic hydroxyl groups excluding tert-OH is 8. The fraction of sp³-hybridized carbons (Fsp3) is 1.00. The van der Waals surface area contributed by atoms with Gasteiger partial charge >= 0.3 is 0 Å². The van der Waals surface area contributed by atoms with E-state index in [4.69, 9.17) is 28.4 Å². The molecule has 0 amide bonds. The fourth-order valence-corrected chi connectivity index (χ4v) is 13.2. The molecule has 4 saturated carbocycles. The molecule has 4 aliphatic carbocycles. The average molecular weight is 757 g/mol. The summed E-state index contributed by atoms with van der Waals surface area (Å²) in [6.45, 7) is 8.96. The molecule has 8 fully saturated rings. The van der Waals surface area contributed by atoms with Gasteiger partial charge in [0.1, 0.15) is 48.8 Å². The summed E-state index contributed by atoms with van der Waals surface area (Å²) in [6.07, 6.45) is -8.11. The Morgan fingerprint density at radius 1 is 0.698 bits per heavy atom. The molecule has 4 unspecified atom stereocenters. The van der Waals surface area contributed by atoms with Gasteiger partial charge in [-0.1, -0.05) is 27.7 Å². The predicted molar refractivity (Wildman–Crippen MR) is 184 cm³/mol. The quantitative estimate of drug-likeness (QED) is 0.173. The third-order valence-electron chi connectivity index (χ3n) is 16.2. The van der Waals surface area contributed by atoms with Gasteiger partial charge in [-0.25, -0.2) is 0 Å². The van der Waals surface area contributed by atoms with E-state index in [2.05, 4.69) is 27.7 Å². The number of hydrogen-bond donors (Lipinski definition) is 8. The van der Waals surface area contributed by atoms with Crippen molar-refractivity contribution in [3.05, 3.63) is 0 Å². The number of ether oxygens (including phenoxy) is 6. The van der Waals surface area contributed by atoms with Gasteiger partial charge in [-0.15, -0.1) is 0 Å². The number of hydrogen-bond acceptors (Lipinski definition) is 14. The smallest absolute Gasteiger partial charge is 0.187 e. The first-order chi connectivity index (χ1) is 25.2. The first-order valence-corrected chi connectivity index (χ1v) is 20.4. The zero-order valence-electron chi connectivity index (χ0n) is 31.6. The summed E-state index contributed by atoms with van der Waals surface area (Å²) >= 11 is 0. The largest absolute Gasteiger partial charge is 0.394 e. The lowest BCUT2D eigenvalue weighted by Gasteiger charge is -2.62. The molecule has 8 rings (SSSR count). The average Bonchev–Trinajstić information content (AvgIpc) is 3.58. The maximum atomic E-state index is 11.8. The van der Waals surface area contributed by atoms with Gasteiger partial charge in [-0.05, 0) is 97.7 Å². The normalized spacial score (nSPS) is 59.5. The Morgan fingerprint density at radius 3 is 2.08 bits per heavy atom. The summed E-state index contributed by atoms with van der Waals surface area (Å²) < 4.78 is 37.2. The highest BCUT2D eigenvalue weighted by Crippen LogP contribution is 2.71. The van der Waals surface area contributed by atoms with Crippen molar-refractivity contribution in [3.8, 4) is 0 Å². The molecule has 14 heteroatoms. The minimum Gasteiger partial charge on any atom is -0.394 e. The summed E-state index contributed by atoms with van der Waals surface area (Å²) in [7, 11) is 0. The minimum absolute atomic E-state index is 0.111. The van der Waals surface area contributed by atoms with Gasteiger partial charge in [0, 0.05) is 12.3 Å². The van der Waals surface area contributed by atoms with Crippen LogP contribution in [-0.2, 0) is 28.4 Å². The van der Waals surface area contributed by atoms with Crippen molar-refractivity contribution in [1.82, 2.24) is 0 Å². The monoisotopic (exact) mass is 756 g/mol. The van der Waals surface area contributed by atoms with Gasteiger partial charge in [-0.3, -0.25) is 0 Å². The van der Waals surface area contributed by atoms with Crippen molar-refractivity contribution in [2.45, 2.75) is 171 Å². The van der Waals surface area contributed by atoms with Gasteiger partial charge < -0.3 is 69.3 Å². The van der Waals surface area contributed by atoms with Crippen molar-refractivity contribution in [2.24, 2.45) is 52.3 Å². The highest BCUT2D eigenvalue weighted by atomic mass is 16.8. The van der Waals surface area contributed by atoms with E-state index >= 15 is 0 Å². The Hall–Kier alpha value is -0.560. The first kappa shape index (κ1) is 39.3. The van der Waals surface area contributed by atoms with Crippen LogP contribution in [0.15, 0.2) is 0 Å². The maximum Gasteiger partial charge on any atom is 0.187 e. The summed E-state index contributed by atoms with van der Waals surface area (Å²) in [5.41, 5.74) is 0.0762. The van der Waals surface area contributed by atoms with Gasteiger partial charge in [0.25, 0.3) is 0 Å². The van der Waals surface area contributed by atoms with E-state index in [0.717, 1.165) is 51.6 Å². The molecule has 14 nitrogen and oxygen atoms in total. The molecule has 304 valence electrons. The van der Waals surface area contributed by atoms with Gasteiger partial charge in [0.2, 0.25) is 0 Å². The highest BCUT2D eigenvalue weighted by molar-refractivity contribution is 5.16. The predicted octanol–water partition coefficient (Wildman–Crippen LogP) is 0.413. The number of fused-ring (bicyclic) bond motifs is 7. The Bertz CT molecular complexity index is 1300. The Labute approximate surface area is 312 Å². The molecule has 0 aromatic carbocycles. The van der Waals surface area contributed by atoms with E-state index in [1.54, 1.807) is 0 Å². The Morgan fingerprint density at radius 2 is 1.40 bits per heavy atom. The summed E-state index contributed by atoms with van der Waals surface area (Å²) in [6, 6.07) is 0. The van der Waals surface area contributed by atoms with E-state index in [0.29, 0.717) is 48.3 Å². The molecule has 0 bridgehead atoms. The summed E-state index contributed by atoms with van der Waals surface area (Å²) in [5, 5.41) is 84.5. The third kappa shape index (κ3) is 6.20. The van der Waals surface area contributed by atoms with E-state index in [1.165, 1.54) is 0 Å². The van der Waals surface area contributed by atoms with Crippen LogP contribution in [0.1, 0.15) is 85.5 Å². The lowest BCUT2D eigenvalue weighted by molar-refractivity contribution is -0.376. The topological polar surface area (TPSA) is 217 Å². The van der Waals surface area contributed by atoms with Crippen LogP contribution in [0, 0.1) is 52.3 Å². The second-order valence-electron chi connectivity index (χ2n) is 18.9. The second-order valence-corrected chi connectivity index (χ2v) is 18.9. The molecule has 1 spiro atoms. The molecule has 8 aliphatic rings. The highest BCUT2D eigenvalue weighted by Gasteiger charge is 2.69. The van der Waals surface area contributed by atoms with Gasteiger partial charge in [0.15, 0.2) is 18.4 Å². The number of aliphatic hydroxyl groups is 8. The molecule has 23 atom stereocenters. The van der Waals surface area contributed by atoms with E-state index in [9.17, 15) is 40.9 Å². The summed E-state index contributed by atoms with van der Waals surface area (Å²) in [5.74, 6) is 2.78. The molecular formula is C39H64O14. The Kier molecular flexibility index (Phi) is 10.6. The fourth-order valence-electron chi connectivity index (χ4n) is 13.2. The van der Waals surface area contributed by atoms with Crippen molar-refractivity contribution < 1.29 is 69.3 Å². The van der Waals surface area contributed by atoms with Gasteiger partial charge in [-0.2, -0.15) is 0 Å². The van der Waals surface area contributed by atoms with Crippen molar-refractivity contribution in [2.75, 3.05) is 19.8 Å². The molecular weight excluding hydrogens is 692 g/mol. The SMILES string of the molecule is CC1C2C(C[C@H]3[C@@H]4CC[C@@H]5C[C@@H](O[C@@H]6O[C@H](CO)[C@@H](O)[C@H](O)[C@H]6O[C@@H]6O[C@H](CO)[C@H](O)[C@H](O)[C@H]6O)[C@@H](O)C[C@]5(C)[C@H]4CC[C@]23C)OC12CC[C@@H](C)CO2. The molecule has 4 aliphatic heterocycles. The molecule has 0 aromatic rings. The molecule has 53 heavy (non-hydrogen) atoms. The van der Waals surface area contributed by atoms with Crippen molar-refractivity contribution >= 4 is 0 Å². The molecule has 0 aromatic heterocycles. The van der Waals surface area contributed by atoms with Gasteiger partial charge in [0.05, 0.1) is 38.1 Å². The van der Waals surface area contributed by atoms with Crippen molar-refractivity contribution in [1.29, 1.82) is 0 Å². The van der Waals surface area contributed by atoms with Crippen LogP contribution in [0.2, 0.25) is 0 Å². The molecule has 0 radical (unpaired) electrons. The second kappa shape index (κ2) is 14.4. The van der Waals surface area contributed by atoms with Crippen molar-refractivity contribution in [3.63, 3.8) is 0 Å². The van der Waals surface area contributed by atoms with Crippen LogP contribution < -0.4 is 0 Å². The standard InChI is InChI=1S/C39H64O14/c1-17-7-10-39(48-16-17)18(2)28-25(53-39)12-22-20-6-5-19-11-24(23(42)13-38(19,4)21(20)8-9-37(22,28)3)49-36-34(32(46)30(44)27(15-41)51-36)52-35-33(47)31(45)29(43)26(14-40)50-35/h17-36,40-47H,5-16H2,1-4H3/t17-,18?,19-,20-,21+,22+,23+,24-,25?,26-,27-,28?,29+,30-,31+,32+,33-,34-,35+,36-,37+,38+,39?/m1/s1. The summed E-state index contributed by atoms with van der Waals surface area (Å²) in [4.78, 5) is 0. The molecule has 8 N–H and O–H groups in total. The van der Waals surface area contributed by atoms with Crippen LogP contribution in [0.5, 0.6) is 0 Å².